The van der Waals surface area contributed by atoms with Crippen LogP contribution < -0.4 is 10.7 Å². The number of anilines is 1. The summed E-state index contributed by atoms with van der Waals surface area (Å²) < 4.78 is 5.95. The molecule has 180 valence electrons. The van der Waals surface area contributed by atoms with E-state index < -0.39 is 0 Å². The van der Waals surface area contributed by atoms with Gasteiger partial charge in [-0.25, -0.2) is 10.4 Å². The van der Waals surface area contributed by atoms with E-state index >= 15 is 0 Å². The number of furan rings is 1. The summed E-state index contributed by atoms with van der Waals surface area (Å²) in [6, 6.07) is 21.1. The average molecular weight is 479 g/mol. The second-order valence-corrected chi connectivity index (χ2v) is 8.77. The Morgan fingerprint density at radius 1 is 0.889 bits per heavy atom. The minimum absolute atomic E-state index is 0.238. The molecule has 0 fully saturated rings. The summed E-state index contributed by atoms with van der Waals surface area (Å²) >= 11 is 0. The van der Waals surface area contributed by atoms with Gasteiger partial charge in [-0.1, -0.05) is 48.5 Å². The minimum Gasteiger partial charge on any atom is -0.455 e. The van der Waals surface area contributed by atoms with Crippen molar-refractivity contribution in [2.24, 2.45) is 5.10 Å². The van der Waals surface area contributed by atoms with Crippen LogP contribution in [0.4, 0.5) is 5.82 Å². The molecule has 7 nitrogen and oxygen atoms in total. The highest BCUT2D eigenvalue weighted by atomic mass is 16.4. The maximum Gasteiger partial charge on any atom is 0.292 e. The lowest BCUT2D eigenvalue weighted by atomic mass is 9.93. The van der Waals surface area contributed by atoms with Crippen molar-refractivity contribution in [1.29, 1.82) is 0 Å². The zero-order chi connectivity index (χ0) is 25.1. The number of pyridine rings is 1. The predicted octanol–water partition coefficient (Wildman–Crippen LogP) is 5.68. The number of hydrogen-bond donors (Lipinski definition) is 2. The number of nitrogens with zero attached hydrogens (tertiary/aromatic N) is 2. The number of nitrogens with one attached hydrogen (secondary N) is 2. The molecular weight excluding hydrogens is 452 g/mol. The second-order valence-electron chi connectivity index (χ2n) is 8.77. The number of aromatic nitrogens is 1. The van der Waals surface area contributed by atoms with Gasteiger partial charge < -0.3 is 9.73 Å². The highest BCUT2D eigenvalue weighted by molar-refractivity contribution is 6.09. The van der Waals surface area contributed by atoms with Crippen molar-refractivity contribution in [3.05, 3.63) is 107 Å². The van der Waals surface area contributed by atoms with E-state index in [-0.39, 0.29) is 17.6 Å². The Labute approximate surface area is 209 Å². The molecule has 0 aliphatic heterocycles. The van der Waals surface area contributed by atoms with Gasteiger partial charge in [0.05, 0.1) is 5.71 Å². The standard InChI is InChI=1S/C29H26N4O3/c1-18-8-7-17-30-27(18)31-29(35)26-19(2)25-23(11-6-12-24(25)36-26)32-33-28(34)22-15-13-21(14-16-22)20-9-4-3-5-10-20/h3-5,7-10,13-17H,6,11-12H2,1-2H3,(H,33,34)(H,30,31,35)/b32-23+. The largest absolute Gasteiger partial charge is 0.455 e. The molecule has 0 radical (unpaired) electrons. The van der Waals surface area contributed by atoms with Gasteiger partial charge >= 0.3 is 0 Å². The number of carbonyl (C=O) groups is 2. The van der Waals surface area contributed by atoms with Gasteiger partial charge in [0.2, 0.25) is 0 Å². The van der Waals surface area contributed by atoms with Crippen LogP contribution in [0.2, 0.25) is 0 Å². The quantitative estimate of drug-likeness (QED) is 0.361. The van der Waals surface area contributed by atoms with E-state index in [0.29, 0.717) is 41.3 Å². The molecule has 7 heteroatoms. The molecule has 1 aliphatic carbocycles. The summed E-state index contributed by atoms with van der Waals surface area (Å²) in [6.45, 7) is 3.72. The van der Waals surface area contributed by atoms with Crippen LogP contribution in [-0.4, -0.2) is 22.5 Å². The number of aryl methyl sites for hydroxylation is 2. The molecule has 0 saturated carbocycles. The van der Waals surface area contributed by atoms with Gasteiger partial charge in [0, 0.05) is 29.3 Å². The number of hydrogen-bond acceptors (Lipinski definition) is 5. The molecule has 5 rings (SSSR count). The maximum atomic E-state index is 12.9. The summed E-state index contributed by atoms with van der Waals surface area (Å²) in [4.78, 5) is 29.9. The summed E-state index contributed by atoms with van der Waals surface area (Å²) in [5, 5.41) is 7.25. The Morgan fingerprint density at radius 3 is 2.39 bits per heavy atom. The first-order chi connectivity index (χ1) is 17.5. The first-order valence-corrected chi connectivity index (χ1v) is 11.9. The van der Waals surface area contributed by atoms with Crippen molar-refractivity contribution in [1.82, 2.24) is 10.4 Å². The maximum absolute atomic E-state index is 12.9. The van der Waals surface area contributed by atoms with E-state index in [4.69, 9.17) is 4.42 Å². The summed E-state index contributed by atoms with van der Waals surface area (Å²) in [6.07, 6.45) is 3.84. The smallest absolute Gasteiger partial charge is 0.292 e. The Kier molecular flexibility index (Phi) is 6.45. The highest BCUT2D eigenvalue weighted by Gasteiger charge is 2.28. The van der Waals surface area contributed by atoms with Crippen molar-refractivity contribution >= 4 is 23.3 Å². The molecule has 1 aliphatic rings. The lowest BCUT2D eigenvalue weighted by molar-refractivity contribution is 0.0953. The van der Waals surface area contributed by atoms with Crippen LogP contribution in [-0.2, 0) is 6.42 Å². The minimum atomic E-state index is -0.356. The van der Waals surface area contributed by atoms with Crippen LogP contribution in [0.3, 0.4) is 0 Å². The normalized spacial score (nSPS) is 13.8. The predicted molar refractivity (Wildman–Crippen MR) is 139 cm³/mol. The molecule has 0 saturated heterocycles. The topological polar surface area (TPSA) is 96.6 Å². The zero-order valence-electron chi connectivity index (χ0n) is 20.2. The number of carbonyl (C=O) groups excluding carboxylic acids is 2. The molecule has 36 heavy (non-hydrogen) atoms. The lowest BCUT2D eigenvalue weighted by Gasteiger charge is -2.13. The van der Waals surface area contributed by atoms with Crippen LogP contribution in [0.1, 0.15) is 56.2 Å². The Bertz CT molecular complexity index is 1450. The van der Waals surface area contributed by atoms with E-state index in [1.165, 1.54) is 0 Å². The van der Waals surface area contributed by atoms with E-state index in [2.05, 4.69) is 20.8 Å². The van der Waals surface area contributed by atoms with Crippen molar-refractivity contribution < 1.29 is 14.0 Å². The van der Waals surface area contributed by atoms with Gasteiger partial charge in [-0.2, -0.15) is 5.10 Å². The SMILES string of the molecule is Cc1cccnc1NC(=O)c1oc2c(c1C)/C(=N/NC(=O)c1ccc(-c3ccccc3)cc1)CCC2. The highest BCUT2D eigenvalue weighted by Crippen LogP contribution is 2.30. The molecule has 2 aromatic heterocycles. The molecule has 0 bridgehead atoms. The average Bonchev–Trinajstić information content (AvgIpc) is 3.26. The Hall–Kier alpha value is -4.52. The van der Waals surface area contributed by atoms with E-state index in [1.807, 2.05) is 68.4 Å². The number of hydrazone groups is 1. The van der Waals surface area contributed by atoms with Crippen LogP contribution >= 0.6 is 0 Å². The first kappa shape index (κ1) is 23.2. The molecule has 2 aromatic carbocycles. The van der Waals surface area contributed by atoms with Crippen molar-refractivity contribution in [3.8, 4) is 11.1 Å². The molecule has 0 atom stereocenters. The van der Waals surface area contributed by atoms with Gasteiger partial charge in [-0.05, 0) is 61.6 Å². The third-order valence-corrected chi connectivity index (χ3v) is 6.32. The van der Waals surface area contributed by atoms with Crippen LogP contribution in [0.15, 0.2) is 82.4 Å². The Morgan fingerprint density at radius 2 is 1.64 bits per heavy atom. The summed E-state index contributed by atoms with van der Waals surface area (Å²) in [7, 11) is 0. The van der Waals surface area contributed by atoms with Gasteiger partial charge in [0.15, 0.2) is 5.76 Å². The summed E-state index contributed by atoms with van der Waals surface area (Å²) in [5.41, 5.74) is 8.40. The van der Waals surface area contributed by atoms with Gasteiger partial charge in [0.1, 0.15) is 11.6 Å². The van der Waals surface area contributed by atoms with E-state index in [9.17, 15) is 9.59 Å². The molecule has 4 aromatic rings. The zero-order valence-corrected chi connectivity index (χ0v) is 20.2. The van der Waals surface area contributed by atoms with Crippen molar-refractivity contribution in [2.75, 3.05) is 5.32 Å². The molecule has 2 heterocycles. The van der Waals surface area contributed by atoms with Crippen LogP contribution in [0.5, 0.6) is 0 Å². The molecule has 2 N–H and O–H groups in total. The Balaban J connectivity index is 1.33. The third kappa shape index (κ3) is 4.68. The van der Waals surface area contributed by atoms with Gasteiger partial charge in [-0.15, -0.1) is 0 Å². The van der Waals surface area contributed by atoms with E-state index in [0.717, 1.165) is 28.7 Å². The van der Waals surface area contributed by atoms with E-state index in [1.54, 1.807) is 18.3 Å². The van der Waals surface area contributed by atoms with Crippen molar-refractivity contribution in [2.45, 2.75) is 33.1 Å². The second kappa shape index (κ2) is 10.00. The fourth-order valence-corrected chi connectivity index (χ4v) is 4.40. The fourth-order valence-electron chi connectivity index (χ4n) is 4.40. The molecule has 2 amide bonds. The fraction of sp³-hybridized carbons (Fsp3) is 0.172. The van der Waals surface area contributed by atoms with Crippen molar-refractivity contribution in [3.63, 3.8) is 0 Å². The number of fused-ring (bicyclic) bond motifs is 1. The molecular formula is C29H26N4O3. The van der Waals surface area contributed by atoms with Gasteiger partial charge in [-0.3, -0.25) is 9.59 Å². The number of rotatable bonds is 5. The monoisotopic (exact) mass is 478 g/mol. The molecule has 0 unspecified atom stereocenters. The van der Waals surface area contributed by atoms with Gasteiger partial charge in [0.25, 0.3) is 11.8 Å². The lowest BCUT2D eigenvalue weighted by Crippen LogP contribution is -2.22. The third-order valence-electron chi connectivity index (χ3n) is 6.32. The number of benzene rings is 2. The van der Waals surface area contributed by atoms with Crippen LogP contribution in [0, 0.1) is 13.8 Å². The molecule has 0 spiro atoms. The number of amides is 2. The van der Waals surface area contributed by atoms with Crippen LogP contribution in [0.25, 0.3) is 11.1 Å². The summed E-state index contributed by atoms with van der Waals surface area (Å²) in [5.74, 6) is 0.796. The first-order valence-electron chi connectivity index (χ1n) is 11.9.